The van der Waals surface area contributed by atoms with E-state index in [1.165, 1.54) is 6.92 Å². The molecule has 0 saturated carbocycles. The number of aromatic nitrogens is 1. The Morgan fingerprint density at radius 1 is 1.55 bits per heavy atom. The second-order valence-corrected chi connectivity index (χ2v) is 5.18. The normalized spacial score (nSPS) is 22.6. The van der Waals surface area contributed by atoms with Gasteiger partial charge < -0.3 is 20.4 Å². The number of amides is 1. The number of anilines is 1. The smallest absolute Gasteiger partial charge is 0.217 e. The van der Waals surface area contributed by atoms with Gasteiger partial charge in [0, 0.05) is 45.3 Å². The monoisotopic (exact) mass is 279 g/mol. The summed E-state index contributed by atoms with van der Waals surface area (Å²) in [5.41, 5.74) is 0.940. The molecule has 2 rings (SSSR count). The molecule has 1 saturated heterocycles. The Labute approximate surface area is 118 Å². The highest BCUT2D eigenvalue weighted by molar-refractivity contribution is 5.72. The van der Waals surface area contributed by atoms with E-state index in [0.717, 1.165) is 24.3 Å². The largest absolute Gasteiger partial charge is 0.396 e. The van der Waals surface area contributed by atoms with Crippen LogP contribution in [0.1, 0.15) is 18.9 Å². The van der Waals surface area contributed by atoms with Gasteiger partial charge in [0.2, 0.25) is 5.91 Å². The van der Waals surface area contributed by atoms with E-state index in [2.05, 4.69) is 10.3 Å². The molecule has 1 amide bonds. The zero-order chi connectivity index (χ0) is 14.5. The minimum atomic E-state index is -0.519. The molecule has 110 valence electrons. The molecule has 2 atom stereocenters. The number of pyridine rings is 1. The number of aliphatic hydroxyl groups excluding tert-OH is 2. The Balaban J connectivity index is 1.95. The molecule has 6 heteroatoms. The lowest BCUT2D eigenvalue weighted by atomic mass is 9.95. The highest BCUT2D eigenvalue weighted by Gasteiger charge is 2.27. The van der Waals surface area contributed by atoms with Crippen LogP contribution in [0.15, 0.2) is 18.3 Å². The molecule has 0 radical (unpaired) electrons. The average Bonchev–Trinajstić information content (AvgIpc) is 2.45. The molecule has 20 heavy (non-hydrogen) atoms. The maximum atomic E-state index is 10.8. The number of rotatable bonds is 4. The van der Waals surface area contributed by atoms with E-state index in [1.807, 2.05) is 17.0 Å². The van der Waals surface area contributed by atoms with Crippen LogP contribution in [0, 0.1) is 5.92 Å². The van der Waals surface area contributed by atoms with E-state index in [9.17, 15) is 9.90 Å². The van der Waals surface area contributed by atoms with Crippen molar-refractivity contribution in [1.82, 2.24) is 10.3 Å². The number of piperidine rings is 1. The Hall–Kier alpha value is -1.66. The van der Waals surface area contributed by atoms with Crippen LogP contribution in [0.25, 0.3) is 0 Å². The van der Waals surface area contributed by atoms with Gasteiger partial charge in [0.25, 0.3) is 0 Å². The summed E-state index contributed by atoms with van der Waals surface area (Å²) in [7, 11) is 0. The molecule has 1 aromatic rings. The van der Waals surface area contributed by atoms with E-state index >= 15 is 0 Å². The third kappa shape index (κ3) is 3.68. The summed E-state index contributed by atoms with van der Waals surface area (Å²) < 4.78 is 0. The zero-order valence-corrected chi connectivity index (χ0v) is 11.6. The molecule has 0 bridgehead atoms. The maximum Gasteiger partial charge on any atom is 0.217 e. The number of carbonyl (C=O) groups excluding carboxylic acids is 1. The number of hydrogen-bond donors (Lipinski definition) is 3. The van der Waals surface area contributed by atoms with Gasteiger partial charge >= 0.3 is 0 Å². The van der Waals surface area contributed by atoms with Gasteiger partial charge in [0.15, 0.2) is 0 Å². The minimum Gasteiger partial charge on any atom is -0.396 e. The fraction of sp³-hybridized carbons (Fsp3) is 0.571. The van der Waals surface area contributed by atoms with E-state index in [4.69, 9.17) is 5.11 Å². The molecular formula is C14H21N3O3. The van der Waals surface area contributed by atoms with E-state index in [1.54, 1.807) is 6.20 Å². The van der Waals surface area contributed by atoms with Crippen LogP contribution < -0.4 is 10.2 Å². The molecule has 0 aromatic carbocycles. The van der Waals surface area contributed by atoms with Gasteiger partial charge in [-0.2, -0.15) is 0 Å². The molecule has 1 aliphatic heterocycles. The van der Waals surface area contributed by atoms with Gasteiger partial charge in [-0.3, -0.25) is 4.79 Å². The van der Waals surface area contributed by atoms with Crippen LogP contribution in [0.3, 0.4) is 0 Å². The van der Waals surface area contributed by atoms with Crippen LogP contribution in [0.4, 0.5) is 5.82 Å². The first-order valence-corrected chi connectivity index (χ1v) is 6.83. The standard InChI is InChI=1S/C14H21N3O3/c1-10(19)15-6-11-2-3-14(16-7-11)17-5-4-12(9-18)13(20)8-17/h2-3,7,12-13,18,20H,4-6,8-9H2,1H3,(H,15,19)/t12-,13+/m1/s1. The lowest BCUT2D eigenvalue weighted by Gasteiger charge is -2.35. The van der Waals surface area contributed by atoms with Crippen molar-refractivity contribution in [1.29, 1.82) is 0 Å². The highest BCUT2D eigenvalue weighted by Crippen LogP contribution is 2.22. The van der Waals surface area contributed by atoms with Crippen molar-refractivity contribution in [2.45, 2.75) is 26.0 Å². The summed E-state index contributed by atoms with van der Waals surface area (Å²) >= 11 is 0. The molecule has 2 heterocycles. The molecule has 0 unspecified atom stereocenters. The SMILES string of the molecule is CC(=O)NCc1ccc(N2CC[C@H](CO)[C@@H](O)C2)nc1. The van der Waals surface area contributed by atoms with Gasteiger partial charge in [-0.1, -0.05) is 6.07 Å². The number of nitrogens with zero attached hydrogens (tertiary/aromatic N) is 2. The van der Waals surface area contributed by atoms with Gasteiger partial charge in [-0.05, 0) is 18.1 Å². The topological polar surface area (TPSA) is 85.7 Å². The van der Waals surface area contributed by atoms with Crippen LogP contribution >= 0.6 is 0 Å². The second kappa shape index (κ2) is 6.67. The molecule has 1 aromatic heterocycles. The minimum absolute atomic E-state index is 0.0259. The van der Waals surface area contributed by atoms with Gasteiger partial charge in [0.1, 0.15) is 5.82 Å². The summed E-state index contributed by atoms with van der Waals surface area (Å²) in [4.78, 5) is 17.2. The molecule has 0 spiro atoms. The summed E-state index contributed by atoms with van der Waals surface area (Å²) in [6.07, 6.45) is 1.97. The molecule has 1 fully saturated rings. The fourth-order valence-corrected chi connectivity index (χ4v) is 2.34. The summed E-state index contributed by atoms with van der Waals surface area (Å²) in [6.45, 7) is 3.24. The summed E-state index contributed by atoms with van der Waals surface area (Å²) in [5.74, 6) is 0.709. The van der Waals surface area contributed by atoms with Crippen molar-refractivity contribution in [2.24, 2.45) is 5.92 Å². The lowest BCUT2D eigenvalue weighted by Crippen LogP contribution is -2.45. The number of aliphatic hydroxyl groups is 2. The quantitative estimate of drug-likeness (QED) is 0.716. The second-order valence-electron chi connectivity index (χ2n) is 5.18. The molecule has 1 aliphatic rings. The van der Waals surface area contributed by atoms with Crippen molar-refractivity contribution >= 4 is 11.7 Å². The zero-order valence-electron chi connectivity index (χ0n) is 11.6. The van der Waals surface area contributed by atoms with E-state index in [0.29, 0.717) is 13.1 Å². The molecular weight excluding hydrogens is 258 g/mol. The number of carbonyl (C=O) groups is 1. The Bertz CT molecular complexity index is 449. The Morgan fingerprint density at radius 3 is 2.90 bits per heavy atom. The molecule has 0 aliphatic carbocycles. The number of hydrogen-bond acceptors (Lipinski definition) is 5. The number of β-amino-alcohol motifs (C(OH)–C–C–N with tert-alkyl or cyclic N) is 1. The highest BCUT2D eigenvalue weighted by atomic mass is 16.3. The first-order valence-electron chi connectivity index (χ1n) is 6.83. The van der Waals surface area contributed by atoms with Crippen LogP contribution in [0.2, 0.25) is 0 Å². The predicted octanol–water partition coefficient (Wildman–Crippen LogP) is -0.103. The molecule has 3 N–H and O–H groups in total. The first-order chi connectivity index (χ1) is 9.60. The van der Waals surface area contributed by atoms with Crippen molar-refractivity contribution in [3.8, 4) is 0 Å². The lowest BCUT2D eigenvalue weighted by molar-refractivity contribution is -0.119. The van der Waals surface area contributed by atoms with Crippen molar-refractivity contribution in [3.63, 3.8) is 0 Å². The predicted molar refractivity (Wildman–Crippen MR) is 75.2 cm³/mol. The van der Waals surface area contributed by atoms with Crippen molar-refractivity contribution in [2.75, 3.05) is 24.6 Å². The first kappa shape index (κ1) is 14.7. The van der Waals surface area contributed by atoms with Gasteiger partial charge in [-0.15, -0.1) is 0 Å². The summed E-state index contributed by atoms with van der Waals surface area (Å²) in [5, 5.41) is 21.8. The maximum absolute atomic E-state index is 10.8. The van der Waals surface area contributed by atoms with Gasteiger partial charge in [-0.25, -0.2) is 4.98 Å². The Morgan fingerprint density at radius 2 is 2.35 bits per heavy atom. The number of nitrogens with one attached hydrogen (secondary N) is 1. The fourth-order valence-electron chi connectivity index (χ4n) is 2.34. The molecule has 6 nitrogen and oxygen atoms in total. The third-order valence-corrected chi connectivity index (χ3v) is 3.63. The summed E-state index contributed by atoms with van der Waals surface area (Å²) in [6, 6.07) is 3.81. The van der Waals surface area contributed by atoms with Gasteiger partial charge in [0.05, 0.1) is 6.10 Å². The van der Waals surface area contributed by atoms with E-state index in [-0.39, 0.29) is 18.4 Å². The van der Waals surface area contributed by atoms with Crippen molar-refractivity contribution in [3.05, 3.63) is 23.9 Å². The van der Waals surface area contributed by atoms with Crippen LogP contribution in [-0.4, -0.2) is 46.9 Å². The third-order valence-electron chi connectivity index (χ3n) is 3.63. The van der Waals surface area contributed by atoms with Crippen LogP contribution in [-0.2, 0) is 11.3 Å². The Kier molecular flexibility index (Phi) is 4.92. The van der Waals surface area contributed by atoms with Crippen LogP contribution in [0.5, 0.6) is 0 Å². The van der Waals surface area contributed by atoms with Crippen molar-refractivity contribution < 1.29 is 15.0 Å². The average molecular weight is 279 g/mol. The van der Waals surface area contributed by atoms with E-state index < -0.39 is 6.10 Å².